The highest BCUT2D eigenvalue weighted by Gasteiger charge is 2.35. The summed E-state index contributed by atoms with van der Waals surface area (Å²) in [4.78, 5) is 19.3. The molecule has 2 aromatic rings. The van der Waals surface area contributed by atoms with E-state index in [1.165, 1.54) is 4.90 Å². The molecule has 1 unspecified atom stereocenters. The van der Waals surface area contributed by atoms with Crippen molar-refractivity contribution in [1.82, 2.24) is 4.90 Å². The van der Waals surface area contributed by atoms with Gasteiger partial charge >= 0.3 is 0 Å². The number of rotatable bonds is 1. The highest BCUT2D eigenvalue weighted by Crippen LogP contribution is 2.38. The minimum Gasteiger partial charge on any atom is -0.369 e. The molecule has 0 bridgehead atoms. The van der Waals surface area contributed by atoms with Gasteiger partial charge in [0.2, 0.25) is 5.91 Å². The summed E-state index contributed by atoms with van der Waals surface area (Å²) < 4.78 is 2.21. The van der Waals surface area contributed by atoms with E-state index in [9.17, 15) is 4.79 Å². The van der Waals surface area contributed by atoms with Crippen molar-refractivity contribution in [3.05, 3.63) is 33.6 Å². The van der Waals surface area contributed by atoms with Crippen LogP contribution in [0.4, 0.5) is 0 Å². The fraction of sp³-hybridized carbons (Fsp3) is 0.286. The van der Waals surface area contributed by atoms with Crippen LogP contribution in [0.15, 0.2) is 33.7 Å². The van der Waals surface area contributed by atoms with E-state index in [0.29, 0.717) is 5.96 Å². The molecule has 1 aromatic carbocycles. The first-order chi connectivity index (χ1) is 9.49. The number of carbonyl (C=O) groups excluding carboxylic acids is 1. The number of fused-ring (bicyclic) bond motifs is 1. The van der Waals surface area contributed by atoms with Crippen LogP contribution in [0.25, 0.3) is 10.1 Å². The maximum absolute atomic E-state index is 12.5. The summed E-state index contributed by atoms with van der Waals surface area (Å²) >= 11 is 5.19. The standard InChI is InChI=1S/C14H14BrN3OS/c1-7-11(13(19)18(2)14(16)17-7)10-6-8-4-3-5-9(15)12(8)20-10/h3-7,11H,1-2H3,(H2,16,17)/t7-,11?/m0/s1. The Morgan fingerprint density at radius 1 is 1.45 bits per heavy atom. The van der Waals surface area contributed by atoms with E-state index in [1.54, 1.807) is 18.4 Å². The topological polar surface area (TPSA) is 58.7 Å². The average molecular weight is 352 g/mol. The van der Waals surface area contributed by atoms with Gasteiger partial charge in [0.05, 0.1) is 12.0 Å². The molecule has 0 radical (unpaired) electrons. The molecule has 1 aliphatic rings. The minimum absolute atomic E-state index is 0.00711. The van der Waals surface area contributed by atoms with Gasteiger partial charge < -0.3 is 5.73 Å². The zero-order valence-electron chi connectivity index (χ0n) is 11.1. The summed E-state index contributed by atoms with van der Waals surface area (Å²) in [7, 11) is 1.67. The predicted octanol–water partition coefficient (Wildman–Crippen LogP) is 2.92. The molecule has 2 heterocycles. The van der Waals surface area contributed by atoms with E-state index in [2.05, 4.69) is 33.1 Å². The summed E-state index contributed by atoms with van der Waals surface area (Å²) in [6.07, 6.45) is 0. The number of aliphatic imine (C=N–C) groups is 1. The van der Waals surface area contributed by atoms with Gasteiger partial charge in [-0.05, 0) is 40.4 Å². The Morgan fingerprint density at radius 2 is 2.20 bits per heavy atom. The highest BCUT2D eigenvalue weighted by molar-refractivity contribution is 9.10. The lowest BCUT2D eigenvalue weighted by Crippen LogP contribution is -2.48. The maximum Gasteiger partial charge on any atom is 0.239 e. The normalized spacial score (nSPS) is 23.2. The number of amides is 1. The molecular weight excluding hydrogens is 338 g/mol. The molecule has 0 spiro atoms. The number of guanidine groups is 1. The lowest BCUT2D eigenvalue weighted by atomic mass is 9.96. The van der Waals surface area contributed by atoms with Gasteiger partial charge in [0.25, 0.3) is 0 Å². The number of hydrogen-bond acceptors (Lipinski definition) is 4. The van der Waals surface area contributed by atoms with Gasteiger partial charge in [-0.15, -0.1) is 11.3 Å². The van der Waals surface area contributed by atoms with Gasteiger partial charge in [-0.3, -0.25) is 9.69 Å². The number of halogens is 1. The van der Waals surface area contributed by atoms with Crippen molar-refractivity contribution in [3.63, 3.8) is 0 Å². The monoisotopic (exact) mass is 351 g/mol. The first kappa shape index (κ1) is 13.6. The van der Waals surface area contributed by atoms with Gasteiger partial charge in [-0.1, -0.05) is 12.1 Å². The lowest BCUT2D eigenvalue weighted by molar-refractivity contribution is -0.129. The number of carbonyl (C=O) groups is 1. The van der Waals surface area contributed by atoms with Crippen LogP contribution in [0.5, 0.6) is 0 Å². The van der Waals surface area contributed by atoms with Crippen LogP contribution in [0.2, 0.25) is 0 Å². The smallest absolute Gasteiger partial charge is 0.239 e. The molecule has 0 fully saturated rings. The van der Waals surface area contributed by atoms with Crippen LogP contribution in [0.1, 0.15) is 17.7 Å². The van der Waals surface area contributed by atoms with E-state index < -0.39 is 0 Å². The highest BCUT2D eigenvalue weighted by atomic mass is 79.9. The van der Waals surface area contributed by atoms with Crippen molar-refractivity contribution in [2.75, 3.05) is 7.05 Å². The second-order valence-electron chi connectivity index (χ2n) is 4.91. The Labute approximate surface area is 129 Å². The first-order valence-corrected chi connectivity index (χ1v) is 7.89. The van der Waals surface area contributed by atoms with Crippen LogP contribution in [0, 0.1) is 0 Å². The van der Waals surface area contributed by atoms with Crippen LogP contribution >= 0.6 is 27.3 Å². The van der Waals surface area contributed by atoms with Crippen molar-refractivity contribution < 1.29 is 4.79 Å². The van der Waals surface area contributed by atoms with Crippen molar-refractivity contribution in [2.24, 2.45) is 10.7 Å². The van der Waals surface area contributed by atoms with Gasteiger partial charge in [-0.25, -0.2) is 4.99 Å². The Hall–Kier alpha value is -1.40. The van der Waals surface area contributed by atoms with Gasteiger partial charge in [0.15, 0.2) is 5.96 Å². The molecule has 0 aliphatic carbocycles. The summed E-state index contributed by atoms with van der Waals surface area (Å²) in [6, 6.07) is 8.01. The molecule has 20 heavy (non-hydrogen) atoms. The molecular formula is C14H14BrN3OS. The van der Waals surface area contributed by atoms with Gasteiger partial charge in [-0.2, -0.15) is 0 Å². The maximum atomic E-state index is 12.5. The Bertz CT molecular complexity index is 724. The number of benzene rings is 1. The number of nitrogens with zero attached hydrogens (tertiary/aromatic N) is 2. The predicted molar refractivity (Wildman–Crippen MR) is 86.1 cm³/mol. The first-order valence-electron chi connectivity index (χ1n) is 6.28. The lowest BCUT2D eigenvalue weighted by Gasteiger charge is -2.30. The van der Waals surface area contributed by atoms with Gasteiger partial charge in [0.1, 0.15) is 0 Å². The second-order valence-corrected chi connectivity index (χ2v) is 6.85. The fourth-order valence-electron chi connectivity index (χ4n) is 2.46. The number of likely N-dealkylation sites (N-methyl/N-ethyl adjacent to an activating group) is 1. The van der Waals surface area contributed by atoms with E-state index in [0.717, 1.165) is 19.4 Å². The molecule has 1 aliphatic heterocycles. The van der Waals surface area contributed by atoms with E-state index in [-0.39, 0.29) is 17.9 Å². The summed E-state index contributed by atoms with van der Waals surface area (Å²) in [6.45, 7) is 1.93. The zero-order valence-corrected chi connectivity index (χ0v) is 13.5. The summed E-state index contributed by atoms with van der Waals surface area (Å²) in [5.74, 6) is 0.0466. The summed E-state index contributed by atoms with van der Waals surface area (Å²) in [5, 5.41) is 1.14. The molecule has 6 heteroatoms. The Kier molecular flexibility index (Phi) is 3.30. The number of hydrogen-bond donors (Lipinski definition) is 1. The van der Waals surface area contributed by atoms with Crippen molar-refractivity contribution in [2.45, 2.75) is 18.9 Å². The molecule has 2 N–H and O–H groups in total. The number of thiophene rings is 1. The third-order valence-corrected chi connectivity index (χ3v) is 5.77. The third-order valence-electron chi connectivity index (χ3n) is 3.58. The minimum atomic E-state index is -0.253. The second kappa shape index (κ2) is 4.86. The largest absolute Gasteiger partial charge is 0.369 e. The molecule has 1 amide bonds. The van der Waals surface area contributed by atoms with Crippen molar-refractivity contribution in [3.8, 4) is 0 Å². The third kappa shape index (κ3) is 2.03. The molecule has 4 nitrogen and oxygen atoms in total. The SMILES string of the molecule is C[C@@H]1N=C(N)N(C)C(=O)C1c1cc2cccc(Br)c2s1. The molecule has 104 valence electrons. The molecule has 0 saturated heterocycles. The zero-order chi connectivity index (χ0) is 14.4. The Balaban J connectivity index is 2.11. The molecule has 2 atom stereocenters. The average Bonchev–Trinajstić information content (AvgIpc) is 2.81. The van der Waals surface area contributed by atoms with E-state index in [4.69, 9.17) is 5.73 Å². The Morgan fingerprint density at radius 3 is 2.90 bits per heavy atom. The molecule has 1 aromatic heterocycles. The fourth-order valence-corrected chi connectivity index (χ4v) is 4.34. The summed E-state index contributed by atoms with van der Waals surface area (Å²) in [5.41, 5.74) is 5.75. The van der Waals surface area contributed by atoms with Crippen molar-refractivity contribution >= 4 is 49.2 Å². The van der Waals surface area contributed by atoms with Crippen LogP contribution < -0.4 is 5.73 Å². The quantitative estimate of drug-likeness (QED) is 0.858. The molecule has 3 rings (SSSR count). The van der Waals surface area contributed by atoms with Crippen LogP contribution in [0.3, 0.4) is 0 Å². The van der Waals surface area contributed by atoms with E-state index >= 15 is 0 Å². The van der Waals surface area contributed by atoms with Crippen LogP contribution in [-0.4, -0.2) is 29.9 Å². The van der Waals surface area contributed by atoms with E-state index in [1.807, 2.05) is 19.1 Å². The number of nitrogens with two attached hydrogens (primary N) is 1. The van der Waals surface area contributed by atoms with Crippen LogP contribution in [-0.2, 0) is 4.79 Å². The van der Waals surface area contributed by atoms with Crippen molar-refractivity contribution in [1.29, 1.82) is 0 Å². The molecule has 0 saturated carbocycles. The van der Waals surface area contributed by atoms with Gasteiger partial charge in [0, 0.05) is 21.1 Å².